The molecule has 3 nitrogen and oxygen atoms in total. The molecule has 1 heterocycles. The van der Waals surface area contributed by atoms with E-state index in [1.807, 2.05) is 39.0 Å². The monoisotopic (exact) mass is 242 g/mol. The summed E-state index contributed by atoms with van der Waals surface area (Å²) in [7, 11) is 0. The van der Waals surface area contributed by atoms with Gasteiger partial charge in [-0.1, -0.05) is 6.07 Å². The lowest BCUT2D eigenvalue weighted by atomic mass is 10.1. The summed E-state index contributed by atoms with van der Waals surface area (Å²) >= 11 is 0. The van der Waals surface area contributed by atoms with E-state index in [1.54, 1.807) is 6.20 Å². The molecule has 0 saturated heterocycles. The lowest BCUT2D eigenvalue weighted by Crippen LogP contribution is -2.03. The summed E-state index contributed by atoms with van der Waals surface area (Å²) in [5.74, 6) is 1.41. The zero-order valence-corrected chi connectivity index (χ0v) is 11.0. The van der Waals surface area contributed by atoms with Crippen LogP contribution in [0, 0.1) is 20.8 Å². The van der Waals surface area contributed by atoms with Crippen LogP contribution in [0.25, 0.3) is 0 Å². The van der Waals surface area contributed by atoms with Crippen molar-refractivity contribution < 1.29 is 4.74 Å². The topological polar surface area (TPSA) is 48.1 Å². The average molecular weight is 242 g/mol. The number of rotatable bonds is 3. The fourth-order valence-electron chi connectivity index (χ4n) is 2.00. The predicted octanol–water partition coefficient (Wildman–Crippen LogP) is 3.26. The van der Waals surface area contributed by atoms with Gasteiger partial charge < -0.3 is 10.5 Å². The van der Waals surface area contributed by atoms with Crippen molar-refractivity contribution >= 4 is 0 Å². The van der Waals surface area contributed by atoms with Gasteiger partial charge in [0.05, 0.1) is 0 Å². The van der Waals surface area contributed by atoms with Crippen LogP contribution in [-0.2, 0) is 6.54 Å². The fraction of sp³-hybridized carbons (Fsp3) is 0.267. The highest BCUT2D eigenvalue weighted by Gasteiger charge is 2.08. The third-order valence-electron chi connectivity index (χ3n) is 2.86. The van der Waals surface area contributed by atoms with Gasteiger partial charge in [-0.15, -0.1) is 0 Å². The maximum atomic E-state index is 5.85. The van der Waals surface area contributed by atoms with Crippen molar-refractivity contribution in [2.45, 2.75) is 27.3 Å². The first-order valence-electron chi connectivity index (χ1n) is 6.01. The van der Waals surface area contributed by atoms with Crippen molar-refractivity contribution in [3.05, 3.63) is 52.7 Å². The highest BCUT2D eigenvalue weighted by Crippen LogP contribution is 2.26. The zero-order chi connectivity index (χ0) is 13.1. The minimum absolute atomic E-state index is 0.430. The Bertz CT molecular complexity index is 544. The molecule has 0 spiro atoms. The molecule has 0 radical (unpaired) electrons. The zero-order valence-electron chi connectivity index (χ0n) is 11.0. The second-order valence-corrected chi connectivity index (χ2v) is 4.54. The molecule has 3 heteroatoms. The van der Waals surface area contributed by atoms with Gasteiger partial charge in [0.2, 0.25) is 5.88 Å². The van der Waals surface area contributed by atoms with Gasteiger partial charge in [-0.3, -0.25) is 0 Å². The fourth-order valence-corrected chi connectivity index (χ4v) is 2.00. The van der Waals surface area contributed by atoms with Crippen LogP contribution in [0.4, 0.5) is 0 Å². The summed E-state index contributed by atoms with van der Waals surface area (Å²) in [4.78, 5) is 4.26. The number of nitrogens with two attached hydrogens (primary N) is 1. The van der Waals surface area contributed by atoms with E-state index in [9.17, 15) is 0 Å². The first-order chi connectivity index (χ1) is 8.60. The number of ether oxygens (including phenoxy) is 1. The molecule has 0 aliphatic heterocycles. The molecular weight excluding hydrogens is 224 g/mol. The van der Waals surface area contributed by atoms with Crippen molar-refractivity contribution in [3.63, 3.8) is 0 Å². The Morgan fingerprint density at radius 1 is 1.11 bits per heavy atom. The summed E-state index contributed by atoms with van der Waals surface area (Å²) in [6.07, 6.45) is 1.74. The highest BCUT2D eigenvalue weighted by molar-refractivity contribution is 5.39. The number of aryl methyl sites for hydroxylation is 3. The molecule has 1 aromatic carbocycles. The maximum absolute atomic E-state index is 5.85. The normalized spacial score (nSPS) is 10.4. The standard InChI is InChI=1S/C15H18N2O/c1-10-6-11(2)8-13(7-10)18-15-14(9-16)12(3)4-5-17-15/h4-8H,9,16H2,1-3H3. The lowest BCUT2D eigenvalue weighted by Gasteiger charge is -2.11. The Morgan fingerprint density at radius 3 is 2.39 bits per heavy atom. The average Bonchev–Trinajstić information content (AvgIpc) is 2.27. The second kappa shape index (κ2) is 5.19. The Hall–Kier alpha value is -1.87. The van der Waals surface area contributed by atoms with E-state index in [0.29, 0.717) is 12.4 Å². The quantitative estimate of drug-likeness (QED) is 0.898. The van der Waals surface area contributed by atoms with Crippen LogP contribution in [0.15, 0.2) is 30.5 Å². The molecular formula is C15H18N2O. The van der Waals surface area contributed by atoms with E-state index in [0.717, 1.165) is 16.9 Å². The Morgan fingerprint density at radius 2 is 1.78 bits per heavy atom. The minimum Gasteiger partial charge on any atom is -0.439 e. The van der Waals surface area contributed by atoms with E-state index in [1.165, 1.54) is 11.1 Å². The molecule has 94 valence electrons. The van der Waals surface area contributed by atoms with Gasteiger partial charge in [0.25, 0.3) is 0 Å². The molecule has 0 aliphatic carbocycles. The van der Waals surface area contributed by atoms with Crippen molar-refractivity contribution in [2.24, 2.45) is 5.73 Å². The number of pyridine rings is 1. The molecule has 0 atom stereocenters. The SMILES string of the molecule is Cc1cc(C)cc(Oc2nccc(C)c2CN)c1. The third kappa shape index (κ3) is 2.68. The van der Waals surface area contributed by atoms with E-state index < -0.39 is 0 Å². The molecule has 0 amide bonds. The van der Waals surface area contributed by atoms with Crippen molar-refractivity contribution in [1.82, 2.24) is 4.98 Å². The van der Waals surface area contributed by atoms with Crippen LogP contribution in [0.2, 0.25) is 0 Å². The molecule has 2 rings (SSSR count). The van der Waals surface area contributed by atoms with Gasteiger partial charge in [0.15, 0.2) is 0 Å². The number of hydrogen-bond acceptors (Lipinski definition) is 3. The summed E-state index contributed by atoms with van der Waals surface area (Å²) in [6, 6.07) is 8.05. The van der Waals surface area contributed by atoms with Gasteiger partial charge in [0.1, 0.15) is 5.75 Å². The number of aromatic nitrogens is 1. The summed E-state index contributed by atoms with van der Waals surface area (Å²) < 4.78 is 5.85. The van der Waals surface area contributed by atoms with Gasteiger partial charge in [-0.2, -0.15) is 0 Å². The summed E-state index contributed by atoms with van der Waals surface area (Å²) in [5, 5.41) is 0. The maximum Gasteiger partial charge on any atom is 0.223 e. The van der Waals surface area contributed by atoms with Crippen LogP contribution in [-0.4, -0.2) is 4.98 Å². The van der Waals surface area contributed by atoms with Gasteiger partial charge >= 0.3 is 0 Å². The Kier molecular flexibility index (Phi) is 3.63. The van der Waals surface area contributed by atoms with Crippen LogP contribution in [0.3, 0.4) is 0 Å². The van der Waals surface area contributed by atoms with Crippen molar-refractivity contribution in [2.75, 3.05) is 0 Å². The van der Waals surface area contributed by atoms with Gasteiger partial charge in [0, 0.05) is 18.3 Å². The Balaban J connectivity index is 2.36. The van der Waals surface area contributed by atoms with Crippen molar-refractivity contribution in [1.29, 1.82) is 0 Å². The van der Waals surface area contributed by atoms with E-state index >= 15 is 0 Å². The molecule has 0 aliphatic rings. The Labute approximate surface area is 108 Å². The number of hydrogen-bond donors (Lipinski definition) is 1. The summed E-state index contributed by atoms with van der Waals surface area (Å²) in [5.41, 5.74) is 10.1. The molecule has 0 unspecified atom stereocenters. The molecule has 0 bridgehead atoms. The van der Waals surface area contributed by atoms with Crippen molar-refractivity contribution in [3.8, 4) is 11.6 Å². The molecule has 18 heavy (non-hydrogen) atoms. The third-order valence-corrected chi connectivity index (χ3v) is 2.86. The van der Waals surface area contributed by atoms with Crippen LogP contribution in [0.5, 0.6) is 11.6 Å². The number of nitrogens with zero attached hydrogens (tertiary/aromatic N) is 1. The number of benzene rings is 1. The summed E-state index contributed by atoms with van der Waals surface area (Å²) in [6.45, 7) is 6.54. The first kappa shape index (κ1) is 12.6. The second-order valence-electron chi connectivity index (χ2n) is 4.54. The lowest BCUT2D eigenvalue weighted by molar-refractivity contribution is 0.455. The van der Waals surface area contributed by atoms with Crippen LogP contribution in [0.1, 0.15) is 22.3 Å². The van der Waals surface area contributed by atoms with Crippen LogP contribution < -0.4 is 10.5 Å². The van der Waals surface area contributed by atoms with Gasteiger partial charge in [-0.05, 0) is 55.7 Å². The largest absolute Gasteiger partial charge is 0.439 e. The minimum atomic E-state index is 0.430. The van der Waals surface area contributed by atoms with E-state index in [4.69, 9.17) is 10.5 Å². The molecule has 0 saturated carbocycles. The molecule has 1 aromatic heterocycles. The predicted molar refractivity (Wildman–Crippen MR) is 72.9 cm³/mol. The van der Waals surface area contributed by atoms with E-state index in [-0.39, 0.29) is 0 Å². The van der Waals surface area contributed by atoms with E-state index in [2.05, 4.69) is 11.1 Å². The highest BCUT2D eigenvalue weighted by atomic mass is 16.5. The first-order valence-corrected chi connectivity index (χ1v) is 6.01. The molecule has 0 fully saturated rings. The van der Waals surface area contributed by atoms with Crippen LogP contribution >= 0.6 is 0 Å². The molecule has 2 aromatic rings. The smallest absolute Gasteiger partial charge is 0.223 e. The molecule has 2 N–H and O–H groups in total. The van der Waals surface area contributed by atoms with Gasteiger partial charge in [-0.25, -0.2) is 4.98 Å².